The fraction of sp³-hybridized carbons (Fsp3) is 0.300. The summed E-state index contributed by atoms with van der Waals surface area (Å²) >= 11 is 0. The molecule has 1 N–H and O–H groups in total. The van der Waals surface area contributed by atoms with E-state index in [4.69, 9.17) is 4.74 Å². The molecule has 5 nitrogen and oxygen atoms in total. The van der Waals surface area contributed by atoms with Crippen molar-refractivity contribution in [2.45, 2.75) is 25.7 Å². The summed E-state index contributed by atoms with van der Waals surface area (Å²) in [6.45, 7) is 0.000340. The van der Waals surface area contributed by atoms with Crippen molar-refractivity contribution in [1.29, 1.82) is 0 Å². The van der Waals surface area contributed by atoms with Gasteiger partial charge < -0.3 is 14.6 Å². The van der Waals surface area contributed by atoms with Crippen LogP contribution in [0.5, 0.6) is 5.75 Å². The van der Waals surface area contributed by atoms with Crippen molar-refractivity contribution < 1.29 is 56.9 Å². The summed E-state index contributed by atoms with van der Waals surface area (Å²) in [7, 11) is 1.36. The Balaban J connectivity index is 0.00000338. The molecule has 0 unspecified atom stereocenters. The molecule has 135 valence electrons. The van der Waals surface area contributed by atoms with Gasteiger partial charge in [0.25, 0.3) is 0 Å². The molecule has 0 saturated heterocycles. The molecular weight excluding hydrogens is 409 g/mol. The molecule has 0 amide bonds. The predicted octanol–water partition coefficient (Wildman–Crippen LogP) is 3.96. The number of rotatable bonds is 9. The number of carboxylic acids is 1. The molecular formula is C20H22O5Y. The van der Waals surface area contributed by atoms with Crippen LogP contribution in [0.3, 0.4) is 0 Å². The van der Waals surface area contributed by atoms with Crippen molar-refractivity contribution >= 4 is 22.7 Å². The Morgan fingerprint density at radius 3 is 2.54 bits per heavy atom. The number of aliphatic carboxylic acids is 1. The molecule has 0 bridgehead atoms. The Kier molecular flexibility index (Phi) is 10.1. The number of hydrogen-bond donors (Lipinski definition) is 1. The molecule has 2 aromatic carbocycles. The number of hydrogen-bond acceptors (Lipinski definition) is 4. The van der Waals surface area contributed by atoms with Gasteiger partial charge >= 0.3 is 11.9 Å². The Hall–Kier alpha value is -1.72. The fourth-order valence-electron chi connectivity index (χ4n) is 2.48. The summed E-state index contributed by atoms with van der Waals surface area (Å²) in [5.41, 5.74) is 0.214. The third kappa shape index (κ3) is 6.89. The molecule has 6 heteroatoms. The zero-order valence-corrected chi connectivity index (χ0v) is 17.7. The molecule has 26 heavy (non-hydrogen) atoms. The molecule has 0 saturated carbocycles. The van der Waals surface area contributed by atoms with E-state index in [1.165, 1.54) is 7.11 Å². The van der Waals surface area contributed by atoms with E-state index in [0.717, 1.165) is 17.2 Å². The monoisotopic (exact) mass is 431 g/mol. The third-order valence-corrected chi connectivity index (χ3v) is 3.86. The van der Waals surface area contributed by atoms with E-state index < -0.39 is 5.97 Å². The number of allylic oxidation sites excluding steroid dienone is 1. The quantitative estimate of drug-likeness (QED) is 0.370. The number of carbonyl (C=O) groups excluding carboxylic acids is 1. The second kappa shape index (κ2) is 11.8. The molecule has 2 aromatic rings. The number of benzene rings is 2. The van der Waals surface area contributed by atoms with Crippen LogP contribution in [-0.2, 0) is 47.0 Å². The van der Waals surface area contributed by atoms with E-state index in [1.807, 2.05) is 42.5 Å². The Bertz CT molecular complexity index is 764. The minimum Gasteiger partial charge on any atom is -0.488 e. The molecule has 0 atom stereocenters. The normalized spacial score (nSPS) is 10.9. The standard InChI is InChI=1S/C20H22O5.Y/c1-24-19(21)13-4-2-3-9-16(20(22)23)14-25-18-12-7-10-15-8-5-6-11-17(15)18;/h5-12H,2-4,13-14H2,1H3,(H,22,23);/b16-9+;. The molecule has 0 aliphatic rings. The first-order valence-electron chi connectivity index (χ1n) is 8.21. The Morgan fingerprint density at radius 1 is 1.08 bits per heavy atom. The van der Waals surface area contributed by atoms with Crippen LogP contribution in [0.1, 0.15) is 25.7 Å². The summed E-state index contributed by atoms with van der Waals surface area (Å²) in [5.74, 6) is -0.578. The van der Waals surface area contributed by atoms with Crippen molar-refractivity contribution in [1.82, 2.24) is 0 Å². The molecule has 0 aliphatic carbocycles. The summed E-state index contributed by atoms with van der Waals surface area (Å²) in [6, 6.07) is 13.5. The maximum absolute atomic E-state index is 11.4. The SMILES string of the molecule is COC(=O)CCCC/C=C(\COc1cccc2ccccc12)C(=O)O.[Y]. The van der Waals surface area contributed by atoms with E-state index >= 15 is 0 Å². The first-order valence-corrected chi connectivity index (χ1v) is 8.21. The molecule has 0 fully saturated rings. The summed E-state index contributed by atoms with van der Waals surface area (Å²) < 4.78 is 10.3. The summed E-state index contributed by atoms with van der Waals surface area (Å²) in [6.07, 6.45) is 3.97. The Morgan fingerprint density at radius 2 is 1.81 bits per heavy atom. The molecule has 0 spiro atoms. The van der Waals surface area contributed by atoms with Crippen LogP contribution in [0, 0.1) is 0 Å². The van der Waals surface area contributed by atoms with Crippen LogP contribution in [0.2, 0.25) is 0 Å². The number of carboxylic acid groups (broad SMARTS) is 1. The zero-order chi connectivity index (χ0) is 18.1. The van der Waals surface area contributed by atoms with Gasteiger partial charge in [-0.2, -0.15) is 0 Å². The average Bonchev–Trinajstić information content (AvgIpc) is 2.63. The average molecular weight is 431 g/mol. The first-order chi connectivity index (χ1) is 12.1. The van der Waals surface area contributed by atoms with Crippen LogP contribution in [0.25, 0.3) is 10.8 Å². The Labute approximate surface area is 178 Å². The van der Waals surface area contributed by atoms with Crippen LogP contribution in [0.15, 0.2) is 54.1 Å². The molecule has 0 aliphatic heterocycles. The van der Waals surface area contributed by atoms with Crippen LogP contribution < -0.4 is 4.74 Å². The summed E-state index contributed by atoms with van der Waals surface area (Å²) in [5, 5.41) is 11.3. The van der Waals surface area contributed by atoms with Gasteiger partial charge in [-0.3, -0.25) is 4.79 Å². The minimum atomic E-state index is -0.992. The predicted molar refractivity (Wildman–Crippen MR) is 95.6 cm³/mol. The van der Waals surface area contributed by atoms with Crippen molar-refractivity contribution in [3.63, 3.8) is 0 Å². The topological polar surface area (TPSA) is 72.8 Å². The van der Waals surface area contributed by atoms with Gasteiger partial charge in [0.1, 0.15) is 12.4 Å². The van der Waals surface area contributed by atoms with E-state index in [0.29, 0.717) is 25.0 Å². The fourth-order valence-corrected chi connectivity index (χ4v) is 2.48. The number of fused-ring (bicyclic) bond motifs is 1. The largest absolute Gasteiger partial charge is 0.488 e. The van der Waals surface area contributed by atoms with E-state index in [1.54, 1.807) is 6.08 Å². The molecule has 0 aromatic heterocycles. The smallest absolute Gasteiger partial charge is 0.334 e. The number of methoxy groups -OCH3 is 1. The first kappa shape index (κ1) is 22.3. The van der Waals surface area contributed by atoms with Gasteiger partial charge in [0.2, 0.25) is 0 Å². The number of ether oxygens (including phenoxy) is 2. The van der Waals surface area contributed by atoms with Gasteiger partial charge in [0.05, 0.1) is 12.7 Å². The van der Waals surface area contributed by atoms with Crippen molar-refractivity contribution in [3.8, 4) is 5.75 Å². The van der Waals surface area contributed by atoms with Crippen molar-refractivity contribution in [3.05, 3.63) is 54.1 Å². The number of esters is 1. The zero-order valence-electron chi connectivity index (χ0n) is 14.8. The van der Waals surface area contributed by atoms with E-state index in [9.17, 15) is 14.7 Å². The van der Waals surface area contributed by atoms with Gasteiger partial charge in [0.15, 0.2) is 0 Å². The van der Waals surface area contributed by atoms with Gasteiger partial charge in [-0.1, -0.05) is 42.5 Å². The summed E-state index contributed by atoms with van der Waals surface area (Å²) in [4.78, 5) is 22.4. The van der Waals surface area contributed by atoms with E-state index in [2.05, 4.69) is 4.74 Å². The van der Waals surface area contributed by atoms with Crippen molar-refractivity contribution in [2.24, 2.45) is 0 Å². The maximum Gasteiger partial charge on any atom is 0.334 e. The third-order valence-electron chi connectivity index (χ3n) is 3.86. The second-order valence-electron chi connectivity index (χ2n) is 5.62. The van der Waals surface area contributed by atoms with Gasteiger partial charge in [-0.05, 0) is 30.7 Å². The number of carbonyl (C=O) groups is 2. The van der Waals surface area contributed by atoms with E-state index in [-0.39, 0.29) is 50.9 Å². The van der Waals surface area contributed by atoms with Gasteiger partial charge in [0, 0.05) is 44.5 Å². The van der Waals surface area contributed by atoms with Crippen LogP contribution >= 0.6 is 0 Å². The van der Waals surface area contributed by atoms with Crippen molar-refractivity contribution in [2.75, 3.05) is 13.7 Å². The van der Waals surface area contributed by atoms with Gasteiger partial charge in [-0.15, -0.1) is 0 Å². The van der Waals surface area contributed by atoms with Gasteiger partial charge in [-0.25, -0.2) is 4.79 Å². The van der Waals surface area contributed by atoms with Crippen LogP contribution in [-0.4, -0.2) is 30.8 Å². The minimum absolute atomic E-state index is 0. The van der Waals surface area contributed by atoms with Crippen LogP contribution in [0.4, 0.5) is 0 Å². The molecule has 2 rings (SSSR count). The molecule has 0 heterocycles. The second-order valence-corrected chi connectivity index (χ2v) is 5.62. The number of unbranched alkanes of at least 4 members (excludes halogenated alkanes) is 2. The molecule has 1 radical (unpaired) electrons. The maximum atomic E-state index is 11.4.